The lowest BCUT2D eigenvalue weighted by atomic mass is 10.2. The lowest BCUT2D eigenvalue weighted by Gasteiger charge is -2.28. The first kappa shape index (κ1) is 11.1. The summed E-state index contributed by atoms with van der Waals surface area (Å²) >= 11 is 0. The Morgan fingerprint density at radius 2 is 1.75 bits per heavy atom. The highest BCUT2D eigenvalue weighted by Gasteiger charge is 2.33. The minimum atomic E-state index is -4.70. The van der Waals surface area contributed by atoms with Gasteiger partial charge in [0.2, 0.25) is 0 Å². The van der Waals surface area contributed by atoms with Crippen molar-refractivity contribution < 1.29 is 22.6 Å². The maximum absolute atomic E-state index is 12.1. The number of nitrogens with one attached hydrogen (secondary N) is 1. The Bertz CT molecular complexity index is 363. The van der Waals surface area contributed by atoms with Crippen LogP contribution >= 0.6 is 0 Å². The molecule has 0 bridgehead atoms. The van der Waals surface area contributed by atoms with Crippen LogP contribution in [0.5, 0.6) is 11.5 Å². The molecule has 1 heterocycles. The van der Waals surface area contributed by atoms with Crippen LogP contribution in [0.1, 0.15) is 0 Å². The Hall–Kier alpha value is -1.43. The summed E-state index contributed by atoms with van der Waals surface area (Å²) in [5.74, 6) is -0.187. The van der Waals surface area contributed by atoms with Gasteiger partial charge < -0.3 is 14.8 Å². The van der Waals surface area contributed by atoms with E-state index >= 15 is 0 Å². The molecule has 88 valence electrons. The molecule has 0 aliphatic carbocycles. The second kappa shape index (κ2) is 4.21. The smallest absolute Gasteiger partial charge is 0.484 e. The molecule has 16 heavy (non-hydrogen) atoms. The second-order valence-electron chi connectivity index (χ2n) is 3.39. The summed E-state index contributed by atoms with van der Waals surface area (Å²) in [5, 5.41) is 2.96. The maximum Gasteiger partial charge on any atom is 0.573 e. The molecule has 0 spiro atoms. The molecule has 1 N–H and O–H groups in total. The molecule has 1 aliphatic rings. The van der Waals surface area contributed by atoms with Gasteiger partial charge in [0.05, 0.1) is 0 Å². The van der Waals surface area contributed by atoms with E-state index in [1.807, 2.05) is 0 Å². The number of alkyl halides is 3. The first-order valence-corrected chi connectivity index (χ1v) is 4.77. The predicted octanol–water partition coefficient (Wildman–Crippen LogP) is 1.94. The van der Waals surface area contributed by atoms with E-state index < -0.39 is 6.36 Å². The van der Waals surface area contributed by atoms with E-state index in [1.54, 1.807) is 6.07 Å². The van der Waals surface area contributed by atoms with Crippen LogP contribution in [0.2, 0.25) is 0 Å². The third-order valence-corrected chi connectivity index (χ3v) is 2.11. The van der Waals surface area contributed by atoms with Gasteiger partial charge in [0.25, 0.3) is 0 Å². The molecule has 1 saturated heterocycles. The van der Waals surface area contributed by atoms with Gasteiger partial charge in [0.15, 0.2) is 11.5 Å². The minimum Gasteiger partial charge on any atom is -0.484 e. The summed E-state index contributed by atoms with van der Waals surface area (Å²) in [6.45, 7) is 1.28. The molecule has 1 fully saturated rings. The van der Waals surface area contributed by atoms with Crippen molar-refractivity contribution in [3.05, 3.63) is 24.3 Å². The van der Waals surface area contributed by atoms with Crippen LogP contribution in [0.4, 0.5) is 13.2 Å². The molecule has 0 atom stereocenters. The number of para-hydroxylation sites is 2. The number of hydrogen-bond acceptors (Lipinski definition) is 3. The van der Waals surface area contributed by atoms with Crippen LogP contribution in [-0.2, 0) is 0 Å². The Morgan fingerprint density at radius 1 is 1.12 bits per heavy atom. The molecule has 0 radical (unpaired) electrons. The fourth-order valence-corrected chi connectivity index (χ4v) is 1.28. The van der Waals surface area contributed by atoms with Gasteiger partial charge in [-0.2, -0.15) is 0 Å². The van der Waals surface area contributed by atoms with E-state index in [4.69, 9.17) is 4.74 Å². The zero-order valence-corrected chi connectivity index (χ0v) is 8.25. The van der Waals surface area contributed by atoms with Gasteiger partial charge in [-0.15, -0.1) is 13.2 Å². The van der Waals surface area contributed by atoms with Gasteiger partial charge in [-0.3, -0.25) is 0 Å². The highest BCUT2D eigenvalue weighted by atomic mass is 19.4. The monoisotopic (exact) mass is 233 g/mol. The first-order chi connectivity index (χ1) is 7.54. The Balaban J connectivity index is 2.09. The summed E-state index contributed by atoms with van der Waals surface area (Å²) in [5.41, 5.74) is 0. The normalized spacial score (nSPS) is 16.7. The lowest BCUT2D eigenvalue weighted by molar-refractivity contribution is -0.275. The molecule has 0 unspecified atom stereocenters. The lowest BCUT2D eigenvalue weighted by Crippen LogP contribution is -2.50. The van der Waals surface area contributed by atoms with Crippen molar-refractivity contribution in [1.29, 1.82) is 0 Å². The van der Waals surface area contributed by atoms with Crippen molar-refractivity contribution in [1.82, 2.24) is 5.32 Å². The quantitative estimate of drug-likeness (QED) is 0.865. The standard InChI is InChI=1S/C10H10F3NO2/c11-10(12,13)16-9-4-2-1-3-8(9)15-7-5-14-6-7/h1-4,7,14H,5-6H2. The molecule has 1 aromatic rings. The summed E-state index contributed by atoms with van der Waals surface area (Å²) in [4.78, 5) is 0. The molecular formula is C10H10F3NO2. The Morgan fingerprint density at radius 3 is 2.25 bits per heavy atom. The van der Waals surface area contributed by atoms with Crippen molar-refractivity contribution in [2.75, 3.05) is 13.1 Å². The van der Waals surface area contributed by atoms with Gasteiger partial charge in [-0.25, -0.2) is 0 Å². The van der Waals surface area contributed by atoms with E-state index in [0.29, 0.717) is 13.1 Å². The van der Waals surface area contributed by atoms with Gasteiger partial charge >= 0.3 is 6.36 Å². The molecule has 0 amide bonds. The van der Waals surface area contributed by atoms with Crippen LogP contribution in [0, 0.1) is 0 Å². The van der Waals surface area contributed by atoms with Crippen LogP contribution in [0.3, 0.4) is 0 Å². The Kier molecular flexibility index (Phi) is 2.91. The zero-order chi connectivity index (χ0) is 11.6. The third kappa shape index (κ3) is 2.79. The average molecular weight is 233 g/mol. The highest BCUT2D eigenvalue weighted by molar-refractivity contribution is 5.39. The molecule has 3 nitrogen and oxygen atoms in total. The average Bonchev–Trinajstić information content (AvgIpc) is 2.11. The predicted molar refractivity (Wildman–Crippen MR) is 50.4 cm³/mol. The van der Waals surface area contributed by atoms with Crippen LogP contribution in [-0.4, -0.2) is 25.6 Å². The van der Waals surface area contributed by atoms with Gasteiger partial charge in [0, 0.05) is 13.1 Å². The fourth-order valence-electron chi connectivity index (χ4n) is 1.28. The topological polar surface area (TPSA) is 30.5 Å². The van der Waals surface area contributed by atoms with E-state index in [-0.39, 0.29) is 17.6 Å². The first-order valence-electron chi connectivity index (χ1n) is 4.77. The van der Waals surface area contributed by atoms with E-state index in [9.17, 15) is 13.2 Å². The summed E-state index contributed by atoms with van der Waals surface area (Å²) in [6.07, 6.45) is -4.78. The molecule has 0 saturated carbocycles. The number of hydrogen-bond donors (Lipinski definition) is 1. The zero-order valence-electron chi connectivity index (χ0n) is 8.25. The number of ether oxygens (including phenoxy) is 2. The van der Waals surface area contributed by atoms with Crippen molar-refractivity contribution in [2.45, 2.75) is 12.5 Å². The fraction of sp³-hybridized carbons (Fsp3) is 0.400. The SMILES string of the molecule is FC(F)(F)Oc1ccccc1OC1CNC1. The highest BCUT2D eigenvalue weighted by Crippen LogP contribution is 2.32. The molecule has 2 rings (SSSR count). The maximum atomic E-state index is 12.1. The van der Waals surface area contributed by atoms with E-state index in [2.05, 4.69) is 10.1 Å². The van der Waals surface area contributed by atoms with Crippen molar-refractivity contribution >= 4 is 0 Å². The van der Waals surface area contributed by atoms with Crippen LogP contribution in [0.15, 0.2) is 24.3 Å². The second-order valence-corrected chi connectivity index (χ2v) is 3.39. The van der Waals surface area contributed by atoms with E-state index in [0.717, 1.165) is 0 Å². The molecule has 1 aromatic carbocycles. The van der Waals surface area contributed by atoms with Crippen molar-refractivity contribution in [3.8, 4) is 11.5 Å². The molecule has 6 heteroatoms. The summed E-state index contributed by atoms with van der Waals surface area (Å²) in [7, 11) is 0. The minimum absolute atomic E-state index is 0.0852. The van der Waals surface area contributed by atoms with Crippen LogP contribution in [0.25, 0.3) is 0 Å². The van der Waals surface area contributed by atoms with Crippen molar-refractivity contribution in [2.24, 2.45) is 0 Å². The number of benzene rings is 1. The van der Waals surface area contributed by atoms with Crippen LogP contribution < -0.4 is 14.8 Å². The summed E-state index contributed by atoms with van der Waals surface area (Å²) < 4.78 is 45.4. The molecular weight excluding hydrogens is 223 g/mol. The summed E-state index contributed by atoms with van der Waals surface area (Å²) in [6, 6.07) is 5.76. The number of halogens is 3. The number of rotatable bonds is 3. The largest absolute Gasteiger partial charge is 0.573 e. The van der Waals surface area contributed by atoms with Gasteiger partial charge in [-0.05, 0) is 12.1 Å². The Labute approximate surface area is 90.2 Å². The van der Waals surface area contributed by atoms with Gasteiger partial charge in [0.1, 0.15) is 6.10 Å². The molecule has 0 aromatic heterocycles. The van der Waals surface area contributed by atoms with Crippen molar-refractivity contribution in [3.63, 3.8) is 0 Å². The third-order valence-electron chi connectivity index (χ3n) is 2.11. The van der Waals surface area contributed by atoms with Gasteiger partial charge in [-0.1, -0.05) is 12.1 Å². The molecule has 1 aliphatic heterocycles. The van der Waals surface area contributed by atoms with E-state index in [1.165, 1.54) is 18.2 Å².